The van der Waals surface area contributed by atoms with Crippen molar-refractivity contribution in [1.29, 1.82) is 0 Å². The van der Waals surface area contributed by atoms with Crippen LogP contribution in [0.25, 0.3) is 0 Å². The zero-order chi connectivity index (χ0) is 21.1. The van der Waals surface area contributed by atoms with Gasteiger partial charge in [-0.25, -0.2) is 4.79 Å². The predicted octanol–water partition coefficient (Wildman–Crippen LogP) is 3.25. The normalized spacial score (nSPS) is 19.1. The number of phenolic OH excluding ortho intramolecular Hbond substituents is 1. The van der Waals surface area contributed by atoms with E-state index in [1.54, 1.807) is 12.1 Å². The first-order valence-electron chi connectivity index (χ1n) is 10.7. The van der Waals surface area contributed by atoms with E-state index in [4.69, 9.17) is 0 Å². The first-order chi connectivity index (χ1) is 14.5. The third-order valence-electron chi connectivity index (χ3n) is 6.40. The number of imide groups is 1. The number of amides is 3. The Kier molecular flexibility index (Phi) is 5.77. The molecule has 2 aliphatic heterocycles. The number of nitrogens with zero attached hydrogens (tertiary/aromatic N) is 3. The van der Waals surface area contributed by atoms with Gasteiger partial charge in [-0.05, 0) is 49.4 Å². The van der Waals surface area contributed by atoms with Crippen molar-refractivity contribution in [3.05, 3.63) is 65.7 Å². The summed E-state index contributed by atoms with van der Waals surface area (Å²) >= 11 is 0. The topological polar surface area (TPSA) is 64.1 Å². The Hall–Kier alpha value is -2.86. The number of carbonyl (C=O) groups is 2. The molecule has 2 heterocycles. The van der Waals surface area contributed by atoms with Crippen LogP contribution in [-0.2, 0) is 17.8 Å². The molecule has 2 aromatic rings. The van der Waals surface area contributed by atoms with Gasteiger partial charge in [0.05, 0.1) is 0 Å². The molecule has 0 bridgehead atoms. The summed E-state index contributed by atoms with van der Waals surface area (Å²) in [4.78, 5) is 31.8. The summed E-state index contributed by atoms with van der Waals surface area (Å²) in [6, 6.07) is 17.2. The van der Waals surface area contributed by atoms with E-state index in [-0.39, 0.29) is 17.7 Å². The Bertz CT molecular complexity index is 907. The SMILES string of the molecule is CCN1C(=O)N(CCc2ccccc2)C2(CCN(Cc3cccc(O)c3)CC2)C1=O. The number of piperidine rings is 1. The van der Waals surface area contributed by atoms with Gasteiger partial charge in [0.2, 0.25) is 0 Å². The van der Waals surface area contributed by atoms with Crippen LogP contribution in [0.5, 0.6) is 5.75 Å². The number of aromatic hydroxyl groups is 1. The lowest BCUT2D eigenvalue weighted by Crippen LogP contribution is -2.56. The number of likely N-dealkylation sites (tertiary alicyclic amines) is 1. The lowest BCUT2D eigenvalue weighted by molar-refractivity contribution is -0.135. The molecule has 0 saturated carbocycles. The minimum atomic E-state index is -0.725. The summed E-state index contributed by atoms with van der Waals surface area (Å²) in [7, 11) is 0. The summed E-state index contributed by atoms with van der Waals surface area (Å²) in [5.41, 5.74) is 1.50. The Balaban J connectivity index is 1.48. The summed E-state index contributed by atoms with van der Waals surface area (Å²) in [6.45, 7) is 5.05. The second-order valence-corrected chi connectivity index (χ2v) is 8.20. The molecular weight excluding hydrogens is 378 g/mol. The minimum absolute atomic E-state index is 0.0416. The summed E-state index contributed by atoms with van der Waals surface area (Å²) in [5.74, 6) is 0.225. The molecule has 6 nitrogen and oxygen atoms in total. The van der Waals surface area contributed by atoms with Crippen molar-refractivity contribution >= 4 is 11.9 Å². The van der Waals surface area contributed by atoms with Gasteiger partial charge in [-0.3, -0.25) is 14.6 Å². The van der Waals surface area contributed by atoms with Crippen molar-refractivity contribution < 1.29 is 14.7 Å². The third kappa shape index (κ3) is 3.79. The van der Waals surface area contributed by atoms with Gasteiger partial charge in [-0.1, -0.05) is 42.5 Å². The van der Waals surface area contributed by atoms with Crippen LogP contribution in [0.2, 0.25) is 0 Å². The number of hydrogen-bond donors (Lipinski definition) is 1. The minimum Gasteiger partial charge on any atom is -0.508 e. The number of hydrogen-bond acceptors (Lipinski definition) is 4. The van der Waals surface area contributed by atoms with Gasteiger partial charge >= 0.3 is 6.03 Å². The highest BCUT2D eigenvalue weighted by molar-refractivity contribution is 6.07. The summed E-state index contributed by atoms with van der Waals surface area (Å²) in [6.07, 6.45) is 2.02. The Labute approximate surface area is 177 Å². The molecule has 2 fully saturated rings. The zero-order valence-electron chi connectivity index (χ0n) is 17.5. The van der Waals surface area contributed by atoms with Crippen molar-refractivity contribution in [2.45, 2.75) is 38.3 Å². The lowest BCUT2D eigenvalue weighted by atomic mass is 9.85. The number of phenols is 1. The molecule has 158 valence electrons. The van der Waals surface area contributed by atoms with Crippen molar-refractivity contribution in [3.63, 3.8) is 0 Å². The van der Waals surface area contributed by atoms with Gasteiger partial charge in [0.15, 0.2) is 0 Å². The van der Waals surface area contributed by atoms with Crippen LogP contribution < -0.4 is 0 Å². The molecule has 0 unspecified atom stereocenters. The van der Waals surface area contributed by atoms with Gasteiger partial charge < -0.3 is 10.0 Å². The largest absolute Gasteiger partial charge is 0.508 e. The highest BCUT2D eigenvalue weighted by Gasteiger charge is 2.57. The molecule has 4 rings (SSSR count). The molecule has 0 aromatic heterocycles. The van der Waals surface area contributed by atoms with E-state index in [1.807, 2.05) is 42.2 Å². The second kappa shape index (κ2) is 8.48. The van der Waals surface area contributed by atoms with Crippen LogP contribution in [0.4, 0.5) is 4.79 Å². The molecule has 0 aliphatic carbocycles. The van der Waals surface area contributed by atoms with Crippen LogP contribution in [-0.4, -0.2) is 63.5 Å². The zero-order valence-corrected chi connectivity index (χ0v) is 17.5. The molecule has 2 aromatic carbocycles. The molecule has 2 saturated heterocycles. The monoisotopic (exact) mass is 407 g/mol. The fourth-order valence-electron chi connectivity index (χ4n) is 4.73. The Morgan fingerprint density at radius 1 is 0.967 bits per heavy atom. The maximum atomic E-state index is 13.3. The maximum absolute atomic E-state index is 13.3. The number of urea groups is 1. The molecule has 30 heavy (non-hydrogen) atoms. The standard InChI is InChI=1S/C24H29N3O3/c1-2-26-22(29)24(27(23(26)30)14-11-19-7-4-3-5-8-19)12-15-25(16-13-24)18-20-9-6-10-21(28)17-20/h3-10,17,28H,2,11-16,18H2,1H3. The lowest BCUT2D eigenvalue weighted by Gasteiger charge is -2.42. The number of likely N-dealkylation sites (N-methyl/N-ethyl adjacent to an activating group) is 1. The van der Waals surface area contributed by atoms with Gasteiger partial charge in [-0.2, -0.15) is 0 Å². The highest BCUT2D eigenvalue weighted by Crippen LogP contribution is 2.37. The van der Waals surface area contributed by atoms with Crippen molar-refractivity contribution in [1.82, 2.24) is 14.7 Å². The van der Waals surface area contributed by atoms with E-state index in [0.717, 1.165) is 31.6 Å². The van der Waals surface area contributed by atoms with Crippen LogP contribution in [0.15, 0.2) is 54.6 Å². The van der Waals surface area contributed by atoms with E-state index < -0.39 is 5.54 Å². The van der Waals surface area contributed by atoms with Crippen molar-refractivity contribution in [2.24, 2.45) is 0 Å². The molecule has 1 N–H and O–H groups in total. The van der Waals surface area contributed by atoms with Gasteiger partial charge in [0.1, 0.15) is 11.3 Å². The van der Waals surface area contributed by atoms with Crippen LogP contribution >= 0.6 is 0 Å². The third-order valence-corrected chi connectivity index (χ3v) is 6.40. The average molecular weight is 408 g/mol. The first kappa shape index (κ1) is 20.4. The van der Waals surface area contributed by atoms with Gasteiger partial charge in [0, 0.05) is 32.7 Å². The van der Waals surface area contributed by atoms with Crippen molar-refractivity contribution in [2.75, 3.05) is 26.2 Å². The Morgan fingerprint density at radius 2 is 1.67 bits per heavy atom. The van der Waals surface area contributed by atoms with Gasteiger partial charge in [0.25, 0.3) is 5.91 Å². The maximum Gasteiger partial charge on any atom is 0.327 e. The molecule has 0 atom stereocenters. The predicted molar refractivity (Wildman–Crippen MR) is 115 cm³/mol. The average Bonchev–Trinajstić information content (AvgIpc) is 2.95. The number of carbonyl (C=O) groups excluding carboxylic acids is 2. The fraction of sp³-hybridized carbons (Fsp3) is 0.417. The van der Waals surface area contributed by atoms with Crippen LogP contribution in [0.1, 0.15) is 30.9 Å². The van der Waals surface area contributed by atoms with E-state index >= 15 is 0 Å². The van der Waals surface area contributed by atoms with Gasteiger partial charge in [-0.15, -0.1) is 0 Å². The smallest absolute Gasteiger partial charge is 0.327 e. The van der Waals surface area contributed by atoms with E-state index in [1.165, 1.54) is 10.5 Å². The molecule has 6 heteroatoms. The first-order valence-corrected chi connectivity index (χ1v) is 10.7. The number of rotatable bonds is 6. The molecule has 0 radical (unpaired) electrons. The summed E-state index contributed by atoms with van der Waals surface area (Å²) in [5, 5.41) is 9.71. The fourth-order valence-corrected chi connectivity index (χ4v) is 4.73. The second-order valence-electron chi connectivity index (χ2n) is 8.20. The van der Waals surface area contributed by atoms with E-state index in [2.05, 4.69) is 17.0 Å². The summed E-state index contributed by atoms with van der Waals surface area (Å²) < 4.78 is 0. The van der Waals surface area contributed by atoms with Crippen LogP contribution in [0, 0.1) is 0 Å². The highest BCUT2D eigenvalue weighted by atomic mass is 16.3. The number of benzene rings is 2. The quantitative estimate of drug-likeness (QED) is 0.747. The van der Waals surface area contributed by atoms with Crippen molar-refractivity contribution in [3.8, 4) is 5.75 Å². The Morgan fingerprint density at radius 3 is 2.33 bits per heavy atom. The molecule has 3 amide bonds. The molecular formula is C24H29N3O3. The molecule has 2 aliphatic rings. The van der Waals surface area contributed by atoms with E-state index in [0.29, 0.717) is 25.9 Å². The molecule has 1 spiro atoms. The van der Waals surface area contributed by atoms with Crippen LogP contribution in [0.3, 0.4) is 0 Å². The van der Waals surface area contributed by atoms with E-state index in [9.17, 15) is 14.7 Å².